The van der Waals surface area contributed by atoms with Gasteiger partial charge in [-0.05, 0) is 37.3 Å². The third-order valence-corrected chi connectivity index (χ3v) is 2.72. The van der Waals surface area contributed by atoms with Crippen LogP contribution in [0.2, 0.25) is 0 Å². The molecule has 0 aliphatic rings. The molecule has 0 aliphatic carbocycles. The van der Waals surface area contributed by atoms with E-state index in [1.54, 1.807) is 6.92 Å². The number of hydrogen-bond donors (Lipinski definition) is 2. The zero-order chi connectivity index (χ0) is 12.0. The molecule has 0 saturated heterocycles. The van der Waals surface area contributed by atoms with Gasteiger partial charge in [-0.1, -0.05) is 24.3 Å². The molecule has 0 bridgehead atoms. The number of aliphatic hydroxyl groups is 1. The molecule has 0 aromatic heterocycles. The van der Waals surface area contributed by atoms with Gasteiger partial charge in [0.2, 0.25) is 0 Å². The van der Waals surface area contributed by atoms with E-state index in [2.05, 4.69) is 0 Å². The number of rotatable bonds is 6. The number of carboxylic acid groups (broad SMARTS) is 1. The first-order chi connectivity index (χ1) is 7.65. The molecule has 88 valence electrons. The molecule has 0 aliphatic heterocycles. The van der Waals surface area contributed by atoms with E-state index in [4.69, 9.17) is 10.2 Å². The third kappa shape index (κ3) is 3.66. The Hall–Kier alpha value is -1.35. The lowest BCUT2D eigenvalue weighted by atomic mass is 9.98. The first-order valence-corrected chi connectivity index (χ1v) is 5.57. The van der Waals surface area contributed by atoms with Crippen LogP contribution in [0.15, 0.2) is 24.3 Å². The summed E-state index contributed by atoms with van der Waals surface area (Å²) in [5.74, 6) is -1.25. The molecule has 0 saturated carbocycles. The third-order valence-electron chi connectivity index (χ3n) is 2.72. The summed E-state index contributed by atoms with van der Waals surface area (Å²) < 4.78 is 0. The fourth-order valence-corrected chi connectivity index (χ4v) is 1.56. The van der Waals surface area contributed by atoms with Gasteiger partial charge < -0.3 is 10.2 Å². The Balaban J connectivity index is 2.57. The molecule has 2 N–H and O–H groups in total. The molecule has 16 heavy (non-hydrogen) atoms. The van der Waals surface area contributed by atoms with Crippen molar-refractivity contribution in [1.82, 2.24) is 0 Å². The van der Waals surface area contributed by atoms with Gasteiger partial charge in [-0.25, -0.2) is 0 Å². The zero-order valence-corrected chi connectivity index (χ0v) is 9.52. The highest BCUT2D eigenvalue weighted by Crippen LogP contribution is 2.16. The van der Waals surface area contributed by atoms with Gasteiger partial charge in [0.25, 0.3) is 0 Å². The van der Waals surface area contributed by atoms with Crippen molar-refractivity contribution in [3.63, 3.8) is 0 Å². The van der Waals surface area contributed by atoms with Crippen LogP contribution in [0.25, 0.3) is 0 Å². The predicted octanol–water partition coefficient (Wildman–Crippen LogP) is 2.19. The number of hydrogen-bond acceptors (Lipinski definition) is 2. The summed E-state index contributed by atoms with van der Waals surface area (Å²) in [4.78, 5) is 10.8. The topological polar surface area (TPSA) is 57.5 Å². The largest absolute Gasteiger partial charge is 0.481 e. The molecule has 0 radical (unpaired) electrons. The molecular weight excluding hydrogens is 204 g/mol. The van der Waals surface area contributed by atoms with Crippen molar-refractivity contribution >= 4 is 5.97 Å². The van der Waals surface area contributed by atoms with E-state index >= 15 is 0 Å². The highest BCUT2D eigenvalue weighted by Gasteiger charge is 2.12. The van der Waals surface area contributed by atoms with Gasteiger partial charge in [0.1, 0.15) is 0 Å². The van der Waals surface area contributed by atoms with Crippen LogP contribution >= 0.6 is 0 Å². The van der Waals surface area contributed by atoms with Gasteiger partial charge >= 0.3 is 5.97 Å². The number of aliphatic carboxylic acids is 1. The van der Waals surface area contributed by atoms with E-state index in [9.17, 15) is 4.79 Å². The number of aryl methyl sites for hydroxylation is 1. The average molecular weight is 222 g/mol. The summed E-state index contributed by atoms with van der Waals surface area (Å²) in [6.45, 7) is 1.91. The summed E-state index contributed by atoms with van der Waals surface area (Å²) in [5, 5.41) is 17.5. The predicted molar refractivity (Wildman–Crippen MR) is 62.5 cm³/mol. The SMILES string of the molecule is CC(C(=O)O)c1ccc(CCCCO)cc1. The second-order valence-corrected chi connectivity index (χ2v) is 3.98. The van der Waals surface area contributed by atoms with Crippen LogP contribution in [-0.2, 0) is 11.2 Å². The number of carbonyl (C=O) groups is 1. The molecule has 0 heterocycles. The Morgan fingerprint density at radius 1 is 1.25 bits per heavy atom. The van der Waals surface area contributed by atoms with E-state index in [-0.39, 0.29) is 6.61 Å². The lowest BCUT2D eigenvalue weighted by molar-refractivity contribution is -0.138. The maximum Gasteiger partial charge on any atom is 0.310 e. The molecule has 3 nitrogen and oxygen atoms in total. The lowest BCUT2D eigenvalue weighted by Crippen LogP contribution is -2.07. The molecule has 1 rings (SSSR count). The summed E-state index contributed by atoms with van der Waals surface area (Å²) >= 11 is 0. The maximum atomic E-state index is 10.8. The van der Waals surface area contributed by atoms with Gasteiger partial charge in [-0.3, -0.25) is 4.79 Å². The van der Waals surface area contributed by atoms with Crippen LogP contribution in [0, 0.1) is 0 Å². The number of unbranched alkanes of at least 4 members (excludes halogenated alkanes) is 1. The molecule has 1 atom stereocenters. The molecule has 1 aromatic carbocycles. The monoisotopic (exact) mass is 222 g/mol. The van der Waals surface area contributed by atoms with Gasteiger partial charge in [-0.2, -0.15) is 0 Å². The van der Waals surface area contributed by atoms with Gasteiger partial charge in [0.05, 0.1) is 5.92 Å². The first-order valence-electron chi connectivity index (χ1n) is 5.57. The van der Waals surface area contributed by atoms with Crippen molar-refractivity contribution in [3.8, 4) is 0 Å². The standard InChI is InChI=1S/C13H18O3/c1-10(13(15)16)12-7-5-11(6-8-12)4-2-3-9-14/h5-8,10,14H,2-4,9H2,1H3,(H,15,16). The summed E-state index contributed by atoms with van der Waals surface area (Å²) in [7, 11) is 0. The van der Waals surface area contributed by atoms with Crippen molar-refractivity contribution in [2.75, 3.05) is 6.61 Å². The summed E-state index contributed by atoms with van der Waals surface area (Å²) in [5.41, 5.74) is 2.02. The number of carboxylic acids is 1. The average Bonchev–Trinajstić information content (AvgIpc) is 2.29. The van der Waals surface area contributed by atoms with E-state index < -0.39 is 11.9 Å². The zero-order valence-electron chi connectivity index (χ0n) is 9.52. The second-order valence-electron chi connectivity index (χ2n) is 3.98. The highest BCUT2D eigenvalue weighted by atomic mass is 16.4. The van der Waals surface area contributed by atoms with E-state index in [0.29, 0.717) is 0 Å². The Labute approximate surface area is 95.7 Å². The van der Waals surface area contributed by atoms with Gasteiger partial charge in [0.15, 0.2) is 0 Å². The molecule has 1 aromatic rings. The van der Waals surface area contributed by atoms with E-state index in [0.717, 1.165) is 24.8 Å². The lowest BCUT2D eigenvalue weighted by Gasteiger charge is -2.07. The summed E-state index contributed by atoms with van der Waals surface area (Å²) in [6, 6.07) is 7.67. The normalized spacial score (nSPS) is 12.4. The van der Waals surface area contributed by atoms with Crippen LogP contribution < -0.4 is 0 Å². The van der Waals surface area contributed by atoms with Crippen LogP contribution in [0.1, 0.15) is 36.8 Å². The van der Waals surface area contributed by atoms with Crippen LogP contribution in [0.3, 0.4) is 0 Å². The van der Waals surface area contributed by atoms with Crippen LogP contribution in [-0.4, -0.2) is 22.8 Å². The molecule has 0 fully saturated rings. The van der Waals surface area contributed by atoms with Crippen molar-refractivity contribution in [2.24, 2.45) is 0 Å². The van der Waals surface area contributed by atoms with Gasteiger partial charge in [-0.15, -0.1) is 0 Å². The van der Waals surface area contributed by atoms with Crippen LogP contribution in [0.5, 0.6) is 0 Å². The smallest absolute Gasteiger partial charge is 0.310 e. The molecule has 1 unspecified atom stereocenters. The number of benzene rings is 1. The molecule has 3 heteroatoms. The Bertz CT molecular complexity index is 330. The molecule has 0 spiro atoms. The van der Waals surface area contributed by atoms with E-state index in [1.165, 1.54) is 5.56 Å². The van der Waals surface area contributed by atoms with Crippen molar-refractivity contribution in [2.45, 2.75) is 32.1 Å². The van der Waals surface area contributed by atoms with Crippen molar-refractivity contribution in [1.29, 1.82) is 0 Å². The minimum Gasteiger partial charge on any atom is -0.481 e. The highest BCUT2D eigenvalue weighted by molar-refractivity contribution is 5.75. The first kappa shape index (κ1) is 12.7. The minimum absolute atomic E-state index is 0.230. The Kier molecular flexibility index (Phi) is 4.99. The van der Waals surface area contributed by atoms with Crippen LogP contribution in [0.4, 0.5) is 0 Å². The maximum absolute atomic E-state index is 10.8. The molecular formula is C13H18O3. The second kappa shape index (κ2) is 6.28. The number of aliphatic hydroxyl groups excluding tert-OH is 1. The van der Waals surface area contributed by atoms with Crippen molar-refractivity contribution < 1.29 is 15.0 Å². The fraction of sp³-hybridized carbons (Fsp3) is 0.462. The minimum atomic E-state index is -0.798. The quantitative estimate of drug-likeness (QED) is 0.725. The van der Waals surface area contributed by atoms with Crippen molar-refractivity contribution in [3.05, 3.63) is 35.4 Å². The molecule has 0 amide bonds. The Morgan fingerprint density at radius 2 is 1.88 bits per heavy atom. The summed E-state index contributed by atoms with van der Waals surface area (Å²) in [6.07, 6.45) is 2.71. The fourth-order valence-electron chi connectivity index (χ4n) is 1.56. The van der Waals surface area contributed by atoms with E-state index in [1.807, 2.05) is 24.3 Å². The Morgan fingerprint density at radius 3 is 2.38 bits per heavy atom. The van der Waals surface area contributed by atoms with Gasteiger partial charge in [0, 0.05) is 6.61 Å².